The minimum absolute atomic E-state index is 0.126. The molecule has 1 aromatic rings. The van der Waals surface area contributed by atoms with Crippen LogP contribution in [0.15, 0.2) is 12.1 Å². The first kappa shape index (κ1) is 20.3. The molecule has 2 aliphatic carbocycles. The summed E-state index contributed by atoms with van der Waals surface area (Å²) in [7, 11) is 0. The lowest BCUT2D eigenvalue weighted by Crippen LogP contribution is -2.37. The molecule has 0 amide bonds. The first-order valence-corrected chi connectivity index (χ1v) is 11.3. The Labute approximate surface area is 167 Å². The van der Waals surface area contributed by atoms with Crippen molar-refractivity contribution in [2.75, 3.05) is 6.61 Å². The van der Waals surface area contributed by atoms with Crippen molar-refractivity contribution in [3.8, 4) is 0 Å². The smallest absolute Gasteiger partial charge is 0.194 e. The van der Waals surface area contributed by atoms with Crippen LogP contribution in [-0.2, 0) is 4.74 Å². The summed E-state index contributed by atoms with van der Waals surface area (Å²) in [5.74, 6) is -0.338. The summed E-state index contributed by atoms with van der Waals surface area (Å²) in [5, 5.41) is 0. The lowest BCUT2D eigenvalue weighted by Gasteiger charge is -2.41. The van der Waals surface area contributed by atoms with Crippen LogP contribution in [0.1, 0.15) is 82.6 Å². The Morgan fingerprint density at radius 3 is 1.86 bits per heavy atom. The van der Waals surface area contributed by atoms with Gasteiger partial charge in [0.2, 0.25) is 0 Å². The van der Waals surface area contributed by atoms with Gasteiger partial charge in [0.15, 0.2) is 17.5 Å². The molecule has 28 heavy (non-hydrogen) atoms. The third-order valence-corrected chi connectivity index (χ3v) is 7.85. The molecular formula is C24H33F3O. The van der Waals surface area contributed by atoms with Gasteiger partial charge in [0, 0.05) is 0 Å². The second kappa shape index (κ2) is 8.77. The van der Waals surface area contributed by atoms with Crippen molar-refractivity contribution in [2.45, 2.75) is 83.2 Å². The van der Waals surface area contributed by atoms with Crippen LogP contribution in [0.25, 0.3) is 0 Å². The quantitative estimate of drug-likeness (QED) is 0.502. The highest BCUT2D eigenvalue weighted by molar-refractivity contribution is 5.23. The molecule has 3 aliphatic rings. The Morgan fingerprint density at radius 1 is 0.714 bits per heavy atom. The largest absolute Gasteiger partial charge is 0.378 e. The maximum absolute atomic E-state index is 13.5. The van der Waals surface area contributed by atoms with Crippen LogP contribution < -0.4 is 0 Å². The van der Waals surface area contributed by atoms with Gasteiger partial charge in [-0.15, -0.1) is 0 Å². The van der Waals surface area contributed by atoms with Gasteiger partial charge in [0.25, 0.3) is 0 Å². The highest BCUT2D eigenvalue weighted by Crippen LogP contribution is 2.43. The number of halogens is 3. The van der Waals surface area contributed by atoms with Crippen molar-refractivity contribution in [3.63, 3.8) is 0 Å². The summed E-state index contributed by atoms with van der Waals surface area (Å²) in [6.45, 7) is 3.28. The summed E-state index contributed by atoms with van der Waals surface area (Å²) >= 11 is 0. The lowest BCUT2D eigenvalue weighted by molar-refractivity contribution is -0.0721. The van der Waals surface area contributed by atoms with Crippen LogP contribution in [0, 0.1) is 41.1 Å². The van der Waals surface area contributed by atoms with E-state index in [1.165, 1.54) is 44.2 Å². The molecule has 0 bridgehead atoms. The monoisotopic (exact) mass is 394 g/mol. The number of benzene rings is 1. The van der Waals surface area contributed by atoms with Crippen LogP contribution in [0.3, 0.4) is 0 Å². The SMILES string of the molecule is CC1CCC(C2CCC(C3CCC(c4cc(F)c(F)c(F)c4)CC3)OC2)CC1. The van der Waals surface area contributed by atoms with Gasteiger partial charge in [0.05, 0.1) is 12.7 Å². The first-order chi connectivity index (χ1) is 13.5. The predicted octanol–water partition coefficient (Wildman–Crippen LogP) is 7.00. The zero-order valence-electron chi connectivity index (χ0n) is 16.9. The first-order valence-electron chi connectivity index (χ1n) is 11.3. The number of rotatable bonds is 3. The molecule has 2 saturated carbocycles. The van der Waals surface area contributed by atoms with Gasteiger partial charge in [-0.2, -0.15) is 0 Å². The van der Waals surface area contributed by atoms with Crippen LogP contribution in [0.4, 0.5) is 13.2 Å². The summed E-state index contributed by atoms with van der Waals surface area (Å²) in [5.41, 5.74) is 0.603. The number of hydrogen-bond acceptors (Lipinski definition) is 1. The molecular weight excluding hydrogens is 361 g/mol. The van der Waals surface area contributed by atoms with E-state index in [-0.39, 0.29) is 5.92 Å². The van der Waals surface area contributed by atoms with Gasteiger partial charge < -0.3 is 4.74 Å². The van der Waals surface area contributed by atoms with Crippen molar-refractivity contribution in [3.05, 3.63) is 35.1 Å². The average molecular weight is 395 g/mol. The molecule has 1 aromatic carbocycles. The maximum Gasteiger partial charge on any atom is 0.194 e. The molecule has 1 nitrogen and oxygen atoms in total. The summed E-state index contributed by atoms with van der Waals surface area (Å²) in [6, 6.07) is 2.35. The van der Waals surface area contributed by atoms with Crippen LogP contribution in [0.2, 0.25) is 0 Å². The molecule has 0 N–H and O–H groups in total. The zero-order chi connectivity index (χ0) is 19.7. The normalized spacial score (nSPS) is 37.0. The Bertz CT molecular complexity index is 629. The molecule has 0 radical (unpaired) electrons. The van der Waals surface area contributed by atoms with E-state index >= 15 is 0 Å². The summed E-state index contributed by atoms with van der Waals surface area (Å²) in [4.78, 5) is 0. The molecule has 1 aliphatic heterocycles. The van der Waals surface area contributed by atoms with E-state index in [1.54, 1.807) is 0 Å². The van der Waals surface area contributed by atoms with Crippen LogP contribution in [-0.4, -0.2) is 12.7 Å². The molecule has 1 heterocycles. The van der Waals surface area contributed by atoms with Crippen molar-refractivity contribution in [1.82, 2.24) is 0 Å². The van der Waals surface area contributed by atoms with Crippen molar-refractivity contribution >= 4 is 0 Å². The fourth-order valence-electron chi connectivity index (χ4n) is 5.93. The molecule has 2 atom stereocenters. The molecule has 1 saturated heterocycles. The fraction of sp³-hybridized carbons (Fsp3) is 0.750. The van der Waals surface area contributed by atoms with Gasteiger partial charge in [-0.25, -0.2) is 13.2 Å². The van der Waals surface area contributed by atoms with Gasteiger partial charge in [0.1, 0.15) is 0 Å². The van der Waals surface area contributed by atoms with Crippen molar-refractivity contribution in [2.24, 2.45) is 23.7 Å². The molecule has 0 aromatic heterocycles. The molecule has 4 rings (SSSR count). The molecule has 2 unspecified atom stereocenters. The molecule has 156 valence electrons. The van der Waals surface area contributed by atoms with Gasteiger partial charge in [-0.05, 0) is 98.7 Å². The van der Waals surface area contributed by atoms with Crippen LogP contribution in [0.5, 0.6) is 0 Å². The summed E-state index contributed by atoms with van der Waals surface area (Å²) in [6.07, 6.45) is 12.1. The summed E-state index contributed by atoms with van der Waals surface area (Å²) < 4.78 is 46.6. The lowest BCUT2D eigenvalue weighted by atomic mass is 9.72. The Morgan fingerprint density at radius 2 is 1.29 bits per heavy atom. The Hall–Kier alpha value is -1.03. The van der Waals surface area contributed by atoms with E-state index in [9.17, 15) is 13.2 Å². The topological polar surface area (TPSA) is 9.23 Å². The molecule has 3 fully saturated rings. The highest BCUT2D eigenvalue weighted by atomic mass is 19.2. The Balaban J connectivity index is 1.26. The van der Waals surface area contributed by atoms with Gasteiger partial charge in [-0.1, -0.05) is 19.8 Å². The third-order valence-electron chi connectivity index (χ3n) is 7.85. The van der Waals surface area contributed by atoms with E-state index in [4.69, 9.17) is 4.74 Å². The Kier molecular flexibility index (Phi) is 6.34. The zero-order valence-corrected chi connectivity index (χ0v) is 16.9. The number of ether oxygens (including phenoxy) is 1. The minimum Gasteiger partial charge on any atom is -0.378 e. The minimum atomic E-state index is -1.37. The van der Waals surface area contributed by atoms with Crippen molar-refractivity contribution in [1.29, 1.82) is 0 Å². The molecule has 0 spiro atoms. The van der Waals surface area contributed by atoms with E-state index in [1.807, 2.05) is 0 Å². The second-order valence-corrected chi connectivity index (χ2v) is 9.64. The van der Waals surface area contributed by atoms with Gasteiger partial charge >= 0.3 is 0 Å². The highest BCUT2D eigenvalue weighted by Gasteiger charge is 2.35. The van der Waals surface area contributed by atoms with E-state index in [0.29, 0.717) is 17.6 Å². The third kappa shape index (κ3) is 4.42. The van der Waals surface area contributed by atoms with E-state index in [2.05, 4.69) is 6.92 Å². The van der Waals surface area contributed by atoms with E-state index < -0.39 is 17.5 Å². The standard InChI is InChI=1S/C24H33F3O/c1-15-2-4-16(5-3-15)19-10-11-23(28-14-19)18-8-6-17(7-9-18)20-12-21(25)24(27)22(26)13-20/h12-13,15-19,23H,2-11,14H2,1H3. The number of hydrogen-bond donors (Lipinski definition) is 0. The van der Waals surface area contributed by atoms with Gasteiger partial charge in [-0.3, -0.25) is 0 Å². The maximum atomic E-state index is 13.5. The average Bonchev–Trinajstić information content (AvgIpc) is 2.72. The molecule has 4 heteroatoms. The second-order valence-electron chi connectivity index (χ2n) is 9.64. The predicted molar refractivity (Wildman–Crippen MR) is 105 cm³/mol. The van der Waals surface area contributed by atoms with E-state index in [0.717, 1.165) is 56.5 Å². The fourth-order valence-corrected chi connectivity index (χ4v) is 5.93. The van der Waals surface area contributed by atoms with Crippen molar-refractivity contribution < 1.29 is 17.9 Å². The van der Waals surface area contributed by atoms with Crippen LogP contribution >= 0.6 is 0 Å².